The van der Waals surface area contributed by atoms with Crippen LogP contribution in [0.25, 0.3) is 0 Å². The van der Waals surface area contributed by atoms with E-state index >= 15 is 0 Å². The van der Waals surface area contributed by atoms with E-state index < -0.39 is 32.7 Å². The standard InChI is InChI=1S/C20H22ClF3N2O2S.ClH/c21-15-5-3-4-14(12-15)19(13-25)10-8-16(9-11-19)26-29(27,28)18-7-2-1-6-17(18)20(22,23)24;/h1-7,12,16,26H,8-11,13,25H2;1H/t16-,19-;. The Bertz CT molecular complexity index is 976. The number of nitrogens with one attached hydrogen (secondary N) is 1. The second-order valence-corrected chi connectivity index (χ2v) is 9.50. The second kappa shape index (κ2) is 9.44. The van der Waals surface area contributed by atoms with E-state index in [-0.39, 0.29) is 17.8 Å². The summed E-state index contributed by atoms with van der Waals surface area (Å²) in [5.41, 5.74) is 5.55. The van der Waals surface area contributed by atoms with Crippen molar-refractivity contribution in [3.8, 4) is 0 Å². The number of rotatable bonds is 5. The van der Waals surface area contributed by atoms with Crippen molar-refractivity contribution >= 4 is 34.0 Å². The zero-order valence-corrected chi connectivity index (χ0v) is 18.3. The summed E-state index contributed by atoms with van der Waals surface area (Å²) in [6.45, 7) is 0.379. The highest BCUT2D eigenvalue weighted by atomic mass is 35.5. The van der Waals surface area contributed by atoms with Crippen molar-refractivity contribution < 1.29 is 21.6 Å². The third-order valence-corrected chi connectivity index (χ3v) is 7.39. The molecule has 1 fully saturated rings. The summed E-state index contributed by atoms with van der Waals surface area (Å²) in [6.07, 6.45) is -2.59. The quantitative estimate of drug-likeness (QED) is 0.636. The highest BCUT2D eigenvalue weighted by Gasteiger charge is 2.40. The summed E-state index contributed by atoms with van der Waals surface area (Å²) in [4.78, 5) is -0.752. The average Bonchev–Trinajstić information content (AvgIpc) is 2.68. The van der Waals surface area contributed by atoms with Gasteiger partial charge in [-0.1, -0.05) is 35.9 Å². The fourth-order valence-corrected chi connectivity index (χ4v) is 5.66. The molecule has 0 bridgehead atoms. The molecule has 3 N–H and O–H groups in total. The lowest BCUT2D eigenvalue weighted by Crippen LogP contribution is -2.45. The molecular weight excluding hydrogens is 460 g/mol. The normalized spacial score (nSPS) is 22.4. The maximum atomic E-state index is 13.2. The number of halogens is 5. The Morgan fingerprint density at radius 3 is 2.30 bits per heavy atom. The van der Waals surface area contributed by atoms with Gasteiger partial charge in [0, 0.05) is 23.0 Å². The maximum absolute atomic E-state index is 13.2. The van der Waals surface area contributed by atoms with Gasteiger partial charge in [-0.2, -0.15) is 13.2 Å². The first-order chi connectivity index (χ1) is 13.6. The topological polar surface area (TPSA) is 72.2 Å². The molecule has 3 rings (SSSR count). The van der Waals surface area contributed by atoms with Gasteiger partial charge in [-0.25, -0.2) is 13.1 Å². The summed E-state index contributed by atoms with van der Waals surface area (Å²) in [7, 11) is -4.31. The Kier molecular flexibility index (Phi) is 7.85. The highest BCUT2D eigenvalue weighted by molar-refractivity contribution is 7.89. The predicted molar refractivity (Wildman–Crippen MR) is 113 cm³/mol. The van der Waals surface area contributed by atoms with Crippen LogP contribution < -0.4 is 10.5 Å². The van der Waals surface area contributed by atoms with Crippen LogP contribution in [-0.4, -0.2) is 21.0 Å². The Labute approximate surface area is 185 Å². The lowest BCUT2D eigenvalue weighted by molar-refractivity contribution is -0.139. The van der Waals surface area contributed by atoms with Crippen molar-refractivity contribution in [1.82, 2.24) is 4.72 Å². The van der Waals surface area contributed by atoms with E-state index in [0.717, 1.165) is 17.7 Å². The van der Waals surface area contributed by atoms with Crippen LogP contribution in [0.3, 0.4) is 0 Å². The molecule has 0 aliphatic heterocycles. The second-order valence-electron chi connectivity index (χ2n) is 7.38. The molecule has 0 saturated heterocycles. The van der Waals surface area contributed by atoms with Crippen LogP contribution in [0.15, 0.2) is 53.4 Å². The van der Waals surface area contributed by atoms with E-state index in [1.54, 1.807) is 6.07 Å². The number of sulfonamides is 1. The van der Waals surface area contributed by atoms with Crippen LogP contribution in [0.4, 0.5) is 13.2 Å². The van der Waals surface area contributed by atoms with E-state index in [4.69, 9.17) is 17.3 Å². The molecule has 0 aromatic heterocycles. The van der Waals surface area contributed by atoms with Crippen LogP contribution >= 0.6 is 24.0 Å². The number of hydrogen-bond donors (Lipinski definition) is 2. The van der Waals surface area contributed by atoms with Gasteiger partial charge in [0.05, 0.1) is 10.5 Å². The Balaban J connectivity index is 0.00000320. The van der Waals surface area contributed by atoms with Crippen molar-refractivity contribution in [1.29, 1.82) is 0 Å². The van der Waals surface area contributed by atoms with E-state index in [1.165, 1.54) is 12.1 Å². The summed E-state index contributed by atoms with van der Waals surface area (Å²) >= 11 is 6.09. The minimum atomic E-state index is -4.75. The lowest BCUT2D eigenvalue weighted by Gasteiger charge is -2.40. The van der Waals surface area contributed by atoms with Crippen molar-refractivity contribution in [3.05, 3.63) is 64.7 Å². The molecule has 0 amide bonds. The van der Waals surface area contributed by atoms with E-state index in [0.29, 0.717) is 37.3 Å². The van der Waals surface area contributed by atoms with Crippen LogP contribution in [0.1, 0.15) is 36.8 Å². The van der Waals surface area contributed by atoms with Crippen LogP contribution in [0, 0.1) is 0 Å². The van der Waals surface area contributed by atoms with Gasteiger partial charge >= 0.3 is 6.18 Å². The largest absolute Gasteiger partial charge is 0.417 e. The molecule has 10 heteroatoms. The van der Waals surface area contributed by atoms with Gasteiger partial charge < -0.3 is 5.73 Å². The van der Waals surface area contributed by atoms with Crippen molar-refractivity contribution in [3.63, 3.8) is 0 Å². The average molecular weight is 483 g/mol. The van der Waals surface area contributed by atoms with Crippen molar-refractivity contribution in [2.45, 2.75) is 48.2 Å². The van der Waals surface area contributed by atoms with Crippen molar-refractivity contribution in [2.24, 2.45) is 5.73 Å². The fraction of sp³-hybridized carbons (Fsp3) is 0.400. The van der Waals surface area contributed by atoms with Crippen molar-refractivity contribution in [2.75, 3.05) is 6.54 Å². The summed E-state index contributed by atoms with van der Waals surface area (Å²) in [6, 6.07) is 11.2. The third-order valence-electron chi connectivity index (χ3n) is 5.57. The molecule has 2 aromatic carbocycles. The number of nitrogens with two attached hydrogens (primary N) is 1. The Morgan fingerprint density at radius 2 is 1.73 bits per heavy atom. The summed E-state index contributed by atoms with van der Waals surface area (Å²) < 4.78 is 67.4. The van der Waals surface area contributed by atoms with Crippen LogP contribution in [0.2, 0.25) is 5.02 Å². The molecule has 2 aromatic rings. The van der Waals surface area contributed by atoms with Gasteiger partial charge in [-0.05, 0) is 55.5 Å². The maximum Gasteiger partial charge on any atom is 0.417 e. The summed E-state index contributed by atoms with van der Waals surface area (Å²) in [5, 5.41) is 0.599. The molecule has 0 spiro atoms. The van der Waals surface area contributed by atoms with E-state index in [9.17, 15) is 21.6 Å². The van der Waals surface area contributed by atoms with Gasteiger partial charge in [-0.3, -0.25) is 0 Å². The molecule has 4 nitrogen and oxygen atoms in total. The number of alkyl halides is 3. The molecule has 1 aliphatic rings. The Morgan fingerprint density at radius 1 is 1.10 bits per heavy atom. The Hall–Kier alpha value is -1.32. The molecule has 0 radical (unpaired) electrons. The monoisotopic (exact) mass is 482 g/mol. The van der Waals surface area contributed by atoms with Crippen LogP contribution in [0.5, 0.6) is 0 Å². The van der Waals surface area contributed by atoms with Gasteiger partial charge in [0.15, 0.2) is 0 Å². The lowest BCUT2D eigenvalue weighted by atomic mass is 9.68. The van der Waals surface area contributed by atoms with Gasteiger partial charge in [0.1, 0.15) is 0 Å². The van der Waals surface area contributed by atoms with Gasteiger partial charge in [0.25, 0.3) is 0 Å². The SMILES string of the molecule is Cl.NC[C@]1(c2cccc(Cl)c2)CC[C@H](NS(=O)(=O)c2ccccc2C(F)(F)F)CC1. The number of hydrogen-bond acceptors (Lipinski definition) is 3. The minimum absolute atomic E-state index is 0. The van der Waals surface area contributed by atoms with E-state index in [2.05, 4.69) is 4.72 Å². The molecule has 1 aliphatic carbocycles. The highest BCUT2D eigenvalue weighted by Crippen LogP contribution is 2.40. The fourth-order valence-electron chi connectivity index (χ4n) is 3.94. The smallest absolute Gasteiger partial charge is 0.330 e. The molecule has 0 atom stereocenters. The van der Waals surface area contributed by atoms with Crippen LogP contribution in [-0.2, 0) is 21.6 Å². The first kappa shape index (κ1) is 24.9. The van der Waals surface area contributed by atoms with Gasteiger partial charge in [-0.15, -0.1) is 12.4 Å². The third kappa shape index (κ3) is 5.29. The summed E-state index contributed by atoms with van der Waals surface area (Å²) in [5.74, 6) is 0. The molecule has 0 unspecified atom stereocenters. The molecular formula is C20H23Cl2F3N2O2S. The minimum Gasteiger partial charge on any atom is -0.330 e. The molecule has 0 heterocycles. The first-order valence-corrected chi connectivity index (χ1v) is 11.1. The first-order valence-electron chi connectivity index (χ1n) is 9.22. The molecule has 1 saturated carbocycles. The zero-order chi connectivity index (χ0) is 21.3. The zero-order valence-electron chi connectivity index (χ0n) is 16.0. The van der Waals surface area contributed by atoms with E-state index in [1.807, 2.05) is 18.2 Å². The molecule has 166 valence electrons. The number of benzene rings is 2. The van der Waals surface area contributed by atoms with Gasteiger partial charge in [0.2, 0.25) is 10.0 Å². The molecule has 30 heavy (non-hydrogen) atoms. The predicted octanol–water partition coefficient (Wildman–Crippen LogP) is 4.90.